The Morgan fingerprint density at radius 1 is 1.30 bits per heavy atom. The minimum Gasteiger partial charge on any atom is -0.328 e. The van der Waals surface area contributed by atoms with E-state index in [1.807, 2.05) is 6.92 Å². The van der Waals surface area contributed by atoms with E-state index in [4.69, 9.17) is 5.73 Å². The average molecular weight is 341 g/mol. The van der Waals surface area contributed by atoms with Crippen molar-refractivity contribution in [1.82, 2.24) is 4.72 Å². The number of rotatable bonds is 6. The van der Waals surface area contributed by atoms with Crippen LogP contribution in [0.25, 0.3) is 0 Å². The highest BCUT2D eigenvalue weighted by molar-refractivity contribution is 7.89. The first-order chi connectivity index (χ1) is 10.4. The second-order valence-electron chi connectivity index (χ2n) is 6.90. The van der Waals surface area contributed by atoms with Gasteiger partial charge >= 0.3 is 0 Å². The Bertz CT molecular complexity index is 662. The number of hydrogen-bond donors (Lipinski definition) is 3. The minimum atomic E-state index is -3.65. The van der Waals surface area contributed by atoms with E-state index in [9.17, 15) is 13.2 Å². The number of hydrogen-bond acceptors (Lipinski definition) is 4. The summed E-state index contributed by atoms with van der Waals surface area (Å²) in [6.07, 6.45) is 0.877. The van der Waals surface area contributed by atoms with Crippen LogP contribution in [0.5, 0.6) is 0 Å². The first kappa shape index (κ1) is 19.6. The Labute approximate surface area is 138 Å². The summed E-state index contributed by atoms with van der Waals surface area (Å²) in [6, 6.07) is 4.80. The van der Waals surface area contributed by atoms with Gasteiger partial charge in [-0.05, 0) is 58.7 Å². The molecule has 23 heavy (non-hydrogen) atoms. The Morgan fingerprint density at radius 3 is 2.43 bits per heavy atom. The fraction of sp³-hybridized carbons (Fsp3) is 0.562. The lowest BCUT2D eigenvalue weighted by molar-refractivity contribution is -0.116. The molecule has 0 radical (unpaired) electrons. The molecule has 0 aromatic heterocycles. The predicted molar refractivity (Wildman–Crippen MR) is 92.8 cm³/mol. The van der Waals surface area contributed by atoms with E-state index in [2.05, 4.69) is 10.0 Å². The summed E-state index contributed by atoms with van der Waals surface area (Å²) >= 11 is 0. The third-order valence-corrected chi connectivity index (χ3v) is 4.93. The molecule has 0 aliphatic carbocycles. The molecule has 0 spiro atoms. The standard InChI is InChI=1S/C16H27N3O3S/c1-11-6-8-13(18-15(20)9-7-12(2)17)10-14(11)23(21,22)19-16(3,4)5/h6,8,10,12,19H,7,9,17H2,1-5H3,(H,18,20). The molecule has 1 amide bonds. The number of sulfonamides is 1. The maximum Gasteiger partial charge on any atom is 0.241 e. The highest BCUT2D eigenvalue weighted by Gasteiger charge is 2.24. The van der Waals surface area contributed by atoms with Gasteiger partial charge in [0, 0.05) is 23.7 Å². The summed E-state index contributed by atoms with van der Waals surface area (Å²) in [4.78, 5) is 12.0. The van der Waals surface area contributed by atoms with Gasteiger partial charge in [0.2, 0.25) is 15.9 Å². The molecule has 1 unspecified atom stereocenters. The fourth-order valence-electron chi connectivity index (χ4n) is 2.01. The molecule has 1 aromatic rings. The van der Waals surface area contributed by atoms with Crippen molar-refractivity contribution in [3.05, 3.63) is 23.8 Å². The van der Waals surface area contributed by atoms with Gasteiger partial charge in [-0.1, -0.05) is 6.07 Å². The zero-order valence-corrected chi connectivity index (χ0v) is 15.3. The number of anilines is 1. The van der Waals surface area contributed by atoms with Gasteiger partial charge < -0.3 is 11.1 Å². The maximum absolute atomic E-state index is 12.5. The zero-order chi connectivity index (χ0) is 17.8. The van der Waals surface area contributed by atoms with Crippen molar-refractivity contribution in [3.8, 4) is 0 Å². The number of amides is 1. The normalized spacial score (nSPS) is 13.7. The quantitative estimate of drug-likeness (QED) is 0.738. The second-order valence-corrected chi connectivity index (χ2v) is 8.55. The van der Waals surface area contributed by atoms with Gasteiger partial charge in [-0.15, -0.1) is 0 Å². The number of nitrogens with one attached hydrogen (secondary N) is 2. The van der Waals surface area contributed by atoms with Crippen LogP contribution in [0.4, 0.5) is 5.69 Å². The molecule has 1 aromatic carbocycles. The fourth-order valence-corrected chi connectivity index (χ4v) is 3.70. The van der Waals surface area contributed by atoms with Crippen LogP contribution in [-0.2, 0) is 14.8 Å². The zero-order valence-electron chi connectivity index (χ0n) is 14.4. The molecule has 4 N–H and O–H groups in total. The highest BCUT2D eigenvalue weighted by atomic mass is 32.2. The first-order valence-corrected chi connectivity index (χ1v) is 9.09. The summed E-state index contributed by atoms with van der Waals surface area (Å²) in [5, 5.41) is 2.71. The monoisotopic (exact) mass is 341 g/mol. The van der Waals surface area contributed by atoms with Crippen molar-refractivity contribution in [3.63, 3.8) is 0 Å². The van der Waals surface area contributed by atoms with E-state index in [0.29, 0.717) is 24.1 Å². The van der Waals surface area contributed by atoms with Gasteiger partial charge in [-0.3, -0.25) is 4.79 Å². The van der Waals surface area contributed by atoms with Crippen molar-refractivity contribution < 1.29 is 13.2 Å². The van der Waals surface area contributed by atoms with E-state index in [1.54, 1.807) is 39.8 Å². The molecule has 0 bridgehead atoms. The van der Waals surface area contributed by atoms with Crippen molar-refractivity contribution in [1.29, 1.82) is 0 Å². The second kappa shape index (κ2) is 7.42. The molecule has 0 aliphatic heterocycles. The van der Waals surface area contributed by atoms with Gasteiger partial charge in [0.05, 0.1) is 4.90 Å². The largest absolute Gasteiger partial charge is 0.328 e. The van der Waals surface area contributed by atoms with Gasteiger partial charge in [-0.25, -0.2) is 13.1 Å². The van der Waals surface area contributed by atoms with Crippen molar-refractivity contribution in [2.75, 3.05) is 5.32 Å². The molecule has 0 heterocycles. The third kappa shape index (κ3) is 6.68. The summed E-state index contributed by atoms with van der Waals surface area (Å²) in [5.74, 6) is -0.182. The summed E-state index contributed by atoms with van der Waals surface area (Å²) in [5.41, 5.74) is 6.12. The number of nitrogens with two attached hydrogens (primary N) is 1. The minimum absolute atomic E-state index is 0.0503. The molecular formula is C16H27N3O3S. The van der Waals surface area contributed by atoms with Crippen LogP contribution in [0.15, 0.2) is 23.1 Å². The van der Waals surface area contributed by atoms with Crippen molar-refractivity contribution in [2.24, 2.45) is 5.73 Å². The van der Waals surface area contributed by atoms with Crippen LogP contribution < -0.4 is 15.8 Å². The highest BCUT2D eigenvalue weighted by Crippen LogP contribution is 2.22. The maximum atomic E-state index is 12.5. The van der Waals surface area contributed by atoms with E-state index in [0.717, 1.165) is 0 Å². The molecule has 130 valence electrons. The third-order valence-electron chi connectivity index (χ3n) is 3.03. The first-order valence-electron chi connectivity index (χ1n) is 7.61. The lowest BCUT2D eigenvalue weighted by Gasteiger charge is -2.21. The van der Waals surface area contributed by atoms with E-state index < -0.39 is 15.6 Å². The molecule has 1 rings (SSSR count). The smallest absolute Gasteiger partial charge is 0.241 e. The van der Waals surface area contributed by atoms with Crippen LogP contribution in [-0.4, -0.2) is 25.9 Å². The molecule has 7 heteroatoms. The molecule has 0 saturated carbocycles. The SMILES string of the molecule is Cc1ccc(NC(=O)CCC(C)N)cc1S(=O)(=O)NC(C)(C)C. The number of aryl methyl sites for hydroxylation is 1. The van der Waals surface area contributed by atoms with Crippen molar-refractivity contribution in [2.45, 2.75) is 63.9 Å². The molecule has 6 nitrogen and oxygen atoms in total. The van der Waals surface area contributed by atoms with Crippen LogP contribution in [0, 0.1) is 6.92 Å². The van der Waals surface area contributed by atoms with Crippen LogP contribution in [0.3, 0.4) is 0 Å². The van der Waals surface area contributed by atoms with E-state index in [-0.39, 0.29) is 16.8 Å². The molecular weight excluding hydrogens is 314 g/mol. The molecule has 0 saturated heterocycles. The summed E-state index contributed by atoms with van der Waals surface area (Å²) < 4.78 is 27.6. The number of carbonyl (C=O) groups is 1. The summed E-state index contributed by atoms with van der Waals surface area (Å²) in [6.45, 7) is 8.89. The van der Waals surface area contributed by atoms with Crippen molar-refractivity contribution >= 4 is 21.6 Å². The topological polar surface area (TPSA) is 101 Å². The van der Waals surface area contributed by atoms with E-state index >= 15 is 0 Å². The van der Waals surface area contributed by atoms with Gasteiger partial charge in [0.1, 0.15) is 0 Å². The Balaban J connectivity index is 2.98. The Kier molecular flexibility index (Phi) is 6.33. The lowest BCUT2D eigenvalue weighted by Crippen LogP contribution is -2.40. The predicted octanol–water partition coefficient (Wildman–Crippen LogP) is 2.14. The summed E-state index contributed by atoms with van der Waals surface area (Å²) in [7, 11) is -3.65. The van der Waals surface area contributed by atoms with Gasteiger partial charge in [0.15, 0.2) is 0 Å². The molecule has 0 fully saturated rings. The Hall–Kier alpha value is -1.44. The number of benzene rings is 1. The van der Waals surface area contributed by atoms with Crippen LogP contribution in [0.2, 0.25) is 0 Å². The molecule has 1 atom stereocenters. The van der Waals surface area contributed by atoms with Crippen LogP contribution >= 0.6 is 0 Å². The lowest BCUT2D eigenvalue weighted by atomic mass is 10.1. The van der Waals surface area contributed by atoms with Gasteiger partial charge in [0.25, 0.3) is 0 Å². The average Bonchev–Trinajstić information content (AvgIpc) is 2.35. The van der Waals surface area contributed by atoms with Gasteiger partial charge in [-0.2, -0.15) is 0 Å². The molecule has 0 aliphatic rings. The van der Waals surface area contributed by atoms with Crippen LogP contribution in [0.1, 0.15) is 46.1 Å². The number of carbonyl (C=O) groups excluding carboxylic acids is 1. The van der Waals surface area contributed by atoms with E-state index in [1.165, 1.54) is 6.07 Å². The Morgan fingerprint density at radius 2 is 1.91 bits per heavy atom.